The molecule has 0 radical (unpaired) electrons. The fourth-order valence-corrected chi connectivity index (χ4v) is 4.80. The molecular formula is C25H23FN2O4S. The number of carbonyl (C=O) groups is 2. The summed E-state index contributed by atoms with van der Waals surface area (Å²) in [7, 11) is -0.990. The Morgan fingerprint density at radius 2 is 1.97 bits per heavy atom. The topological polar surface area (TPSA) is 99.3 Å². The molecule has 8 heteroatoms. The van der Waals surface area contributed by atoms with Crippen molar-refractivity contribution in [2.45, 2.75) is 19.8 Å². The summed E-state index contributed by atoms with van der Waals surface area (Å²) in [6.07, 6.45) is 4.22. The van der Waals surface area contributed by atoms with Gasteiger partial charge in [0, 0.05) is 45.4 Å². The van der Waals surface area contributed by atoms with Gasteiger partial charge in [0.15, 0.2) is 0 Å². The zero-order chi connectivity index (χ0) is 23.7. The lowest BCUT2D eigenvalue weighted by molar-refractivity contribution is -0.110. The number of nitrogens with one attached hydrogen (secondary N) is 2. The minimum Gasteiger partial charge on any atom is -0.478 e. The van der Waals surface area contributed by atoms with Gasteiger partial charge in [-0.15, -0.1) is 0 Å². The summed E-state index contributed by atoms with van der Waals surface area (Å²) < 4.78 is 25.4. The highest BCUT2D eigenvalue weighted by atomic mass is 32.2. The van der Waals surface area contributed by atoms with Crippen molar-refractivity contribution >= 4 is 40.0 Å². The van der Waals surface area contributed by atoms with Gasteiger partial charge in [0.1, 0.15) is 5.82 Å². The number of fused-ring (bicyclic) bond motifs is 1. The first-order chi connectivity index (χ1) is 15.8. The number of benzene rings is 2. The molecule has 0 spiro atoms. The predicted octanol–water partition coefficient (Wildman–Crippen LogP) is 4.63. The van der Waals surface area contributed by atoms with Crippen LogP contribution in [-0.4, -0.2) is 38.2 Å². The Labute approximate surface area is 193 Å². The number of halogens is 1. The fraction of sp³-hybridized carbons (Fsp3) is 0.200. The predicted molar refractivity (Wildman–Crippen MR) is 128 cm³/mol. The van der Waals surface area contributed by atoms with E-state index in [0.717, 1.165) is 0 Å². The highest BCUT2D eigenvalue weighted by molar-refractivity contribution is 7.84. The van der Waals surface area contributed by atoms with Gasteiger partial charge in [-0.2, -0.15) is 0 Å². The average Bonchev–Trinajstić information content (AvgIpc) is 3.24. The number of carboxylic acid groups (broad SMARTS) is 1. The lowest BCUT2D eigenvalue weighted by atomic mass is 9.93. The van der Waals surface area contributed by atoms with E-state index in [0.29, 0.717) is 63.5 Å². The Bertz CT molecular complexity index is 1330. The van der Waals surface area contributed by atoms with Crippen LogP contribution in [-0.2, 0) is 22.0 Å². The number of aromatic amines is 1. The van der Waals surface area contributed by atoms with Gasteiger partial charge in [0.05, 0.1) is 11.1 Å². The number of anilines is 1. The van der Waals surface area contributed by atoms with Crippen LogP contribution < -0.4 is 5.32 Å². The zero-order valence-electron chi connectivity index (χ0n) is 18.2. The van der Waals surface area contributed by atoms with E-state index >= 15 is 0 Å². The number of aromatic carboxylic acids is 1. The zero-order valence-corrected chi connectivity index (χ0v) is 19.0. The number of carbonyl (C=O) groups excluding carboxylic acids is 1. The van der Waals surface area contributed by atoms with Crippen LogP contribution in [0.25, 0.3) is 22.8 Å². The smallest absolute Gasteiger partial charge is 0.337 e. The van der Waals surface area contributed by atoms with Gasteiger partial charge in [0.2, 0.25) is 0 Å². The van der Waals surface area contributed by atoms with E-state index in [9.17, 15) is 23.3 Å². The maximum Gasteiger partial charge on any atom is 0.337 e. The summed E-state index contributed by atoms with van der Waals surface area (Å²) >= 11 is 0. The quantitative estimate of drug-likeness (QED) is 0.442. The van der Waals surface area contributed by atoms with Crippen LogP contribution in [0.15, 0.2) is 42.5 Å². The normalized spacial score (nSPS) is 14.9. The molecule has 6 nitrogen and oxygen atoms in total. The summed E-state index contributed by atoms with van der Waals surface area (Å²) in [6, 6.07) is 11.5. The second kappa shape index (κ2) is 9.15. The second-order valence-corrected chi connectivity index (χ2v) is 9.51. The molecule has 1 aromatic heterocycles. The number of amides is 1. The first kappa shape index (κ1) is 22.7. The maximum absolute atomic E-state index is 13.9. The van der Waals surface area contributed by atoms with Crippen molar-refractivity contribution < 1.29 is 23.3 Å². The Balaban J connectivity index is 1.85. The second-order valence-electron chi connectivity index (χ2n) is 7.95. The average molecular weight is 467 g/mol. The Morgan fingerprint density at radius 3 is 2.67 bits per heavy atom. The largest absolute Gasteiger partial charge is 0.478 e. The van der Waals surface area contributed by atoms with Crippen molar-refractivity contribution in [2.75, 3.05) is 17.3 Å². The molecule has 1 unspecified atom stereocenters. The minimum absolute atomic E-state index is 0.167. The van der Waals surface area contributed by atoms with Gasteiger partial charge in [-0.05, 0) is 60.7 Å². The molecule has 1 aliphatic rings. The van der Waals surface area contributed by atoms with Crippen LogP contribution in [0, 0.1) is 12.7 Å². The van der Waals surface area contributed by atoms with Gasteiger partial charge in [0.25, 0.3) is 5.91 Å². The maximum atomic E-state index is 13.9. The van der Waals surface area contributed by atoms with Crippen molar-refractivity contribution in [1.29, 1.82) is 0 Å². The monoisotopic (exact) mass is 466 g/mol. The standard InChI is InChI=1S/C25H23FN2O4S/c1-14-22(25(30)31)18(9-5-11-33(2)32)21(27-14)13-19-23-17(15-6-3-7-16(26)12-15)8-4-10-20(23)28-24(19)29/h3-4,6-8,10,12-13,27H,5,9,11H2,1-2H3,(H,28,29)(H,30,31)/b19-13-. The van der Waals surface area contributed by atoms with Gasteiger partial charge in [-0.1, -0.05) is 24.3 Å². The molecule has 0 saturated heterocycles. The third kappa shape index (κ3) is 4.52. The lowest BCUT2D eigenvalue weighted by Crippen LogP contribution is -2.05. The number of aryl methyl sites for hydroxylation is 1. The third-order valence-electron chi connectivity index (χ3n) is 5.65. The number of rotatable bonds is 7. The van der Waals surface area contributed by atoms with Crippen LogP contribution in [0.1, 0.15) is 39.3 Å². The van der Waals surface area contributed by atoms with Crippen LogP contribution in [0.3, 0.4) is 0 Å². The van der Waals surface area contributed by atoms with Crippen molar-refractivity contribution in [3.63, 3.8) is 0 Å². The summed E-state index contributed by atoms with van der Waals surface area (Å²) in [5.41, 5.74) is 4.69. The van der Waals surface area contributed by atoms with Crippen molar-refractivity contribution in [1.82, 2.24) is 4.98 Å². The van der Waals surface area contributed by atoms with Gasteiger partial charge in [-0.3, -0.25) is 9.00 Å². The molecule has 0 fully saturated rings. The highest BCUT2D eigenvalue weighted by Crippen LogP contribution is 2.41. The van der Waals surface area contributed by atoms with E-state index in [1.54, 1.807) is 43.5 Å². The minimum atomic E-state index is -1.06. The molecule has 33 heavy (non-hydrogen) atoms. The van der Waals surface area contributed by atoms with Crippen LogP contribution in [0.2, 0.25) is 0 Å². The Kier molecular flexibility index (Phi) is 6.29. The van der Waals surface area contributed by atoms with Crippen LogP contribution in [0.5, 0.6) is 0 Å². The van der Waals surface area contributed by atoms with E-state index in [1.165, 1.54) is 12.1 Å². The molecule has 2 heterocycles. The molecule has 0 aliphatic carbocycles. The third-order valence-corrected chi connectivity index (χ3v) is 6.51. The number of carboxylic acids is 1. The first-order valence-electron chi connectivity index (χ1n) is 10.4. The highest BCUT2D eigenvalue weighted by Gasteiger charge is 2.29. The number of H-pyrrole nitrogens is 1. The van der Waals surface area contributed by atoms with Crippen LogP contribution >= 0.6 is 0 Å². The van der Waals surface area contributed by atoms with Gasteiger partial charge in [-0.25, -0.2) is 9.18 Å². The van der Waals surface area contributed by atoms with Gasteiger partial charge < -0.3 is 15.4 Å². The van der Waals surface area contributed by atoms with E-state index in [2.05, 4.69) is 10.3 Å². The lowest BCUT2D eigenvalue weighted by Gasteiger charge is -2.09. The summed E-state index contributed by atoms with van der Waals surface area (Å²) in [4.78, 5) is 27.9. The number of hydrogen-bond donors (Lipinski definition) is 3. The van der Waals surface area contributed by atoms with Crippen LogP contribution in [0.4, 0.5) is 10.1 Å². The molecule has 1 aliphatic heterocycles. The molecule has 1 amide bonds. The van der Waals surface area contributed by atoms with E-state index in [1.807, 2.05) is 6.07 Å². The first-order valence-corrected chi connectivity index (χ1v) is 12.2. The summed E-state index contributed by atoms with van der Waals surface area (Å²) in [6.45, 7) is 1.67. The molecule has 0 bridgehead atoms. The molecular weight excluding hydrogens is 443 g/mol. The van der Waals surface area contributed by atoms with Crippen molar-refractivity contribution in [3.8, 4) is 11.1 Å². The Morgan fingerprint density at radius 1 is 1.21 bits per heavy atom. The van der Waals surface area contributed by atoms with Gasteiger partial charge >= 0.3 is 5.97 Å². The molecule has 3 N–H and O–H groups in total. The number of hydrogen-bond acceptors (Lipinski definition) is 3. The molecule has 3 aromatic rings. The SMILES string of the molecule is Cc1[nH]c(/C=C2\C(=O)Nc3cccc(-c4cccc(F)c4)c32)c(CCCS(C)=O)c1C(=O)O. The van der Waals surface area contributed by atoms with E-state index < -0.39 is 16.8 Å². The van der Waals surface area contributed by atoms with E-state index in [4.69, 9.17) is 0 Å². The molecule has 1 atom stereocenters. The van der Waals surface area contributed by atoms with Crippen molar-refractivity contribution in [2.24, 2.45) is 0 Å². The number of aromatic nitrogens is 1. The summed E-state index contributed by atoms with van der Waals surface area (Å²) in [5, 5.41) is 12.6. The summed E-state index contributed by atoms with van der Waals surface area (Å²) in [5.74, 6) is -1.31. The molecule has 4 rings (SSSR count). The van der Waals surface area contributed by atoms with E-state index in [-0.39, 0.29) is 17.3 Å². The van der Waals surface area contributed by atoms with Crippen molar-refractivity contribution in [3.05, 3.63) is 76.4 Å². The Hall–Kier alpha value is -3.52. The molecule has 170 valence electrons. The molecule has 0 saturated carbocycles. The molecule has 2 aromatic carbocycles. The fourth-order valence-electron chi connectivity index (χ4n) is 4.25.